The van der Waals surface area contributed by atoms with Crippen LogP contribution in [0.2, 0.25) is 0 Å². The van der Waals surface area contributed by atoms with Gasteiger partial charge in [-0.1, -0.05) is 20.3 Å². The van der Waals surface area contributed by atoms with E-state index >= 15 is 0 Å². The van der Waals surface area contributed by atoms with E-state index in [0.717, 1.165) is 42.6 Å². The number of carbonyl (C=O) groups is 1. The Balaban J connectivity index is 1.41. The van der Waals surface area contributed by atoms with E-state index in [1.807, 2.05) is 14.0 Å². The number of hydrogen-bond acceptors (Lipinski definition) is 2. The van der Waals surface area contributed by atoms with E-state index in [2.05, 4.69) is 13.8 Å². The van der Waals surface area contributed by atoms with Gasteiger partial charge in [0.25, 0.3) is 0 Å². The standard InChI is InChI=1S/C24H38O2/c1-15(25)17-6-5-7-18-21-19-13-22(2)12-16(14-26-4)8-9-20(22)24(19,21)11-10-23(17,18)3/h16-21H,5-14H2,1-4H3/t16-,17+,18?,19?,20-,21+,22?,23+,24?/m0/s1. The first-order valence-electron chi connectivity index (χ1n) is 11.4. The van der Waals surface area contributed by atoms with E-state index in [-0.39, 0.29) is 0 Å². The Bertz CT molecular complexity index is 613. The largest absolute Gasteiger partial charge is 0.384 e. The van der Waals surface area contributed by atoms with Crippen molar-refractivity contribution in [1.82, 2.24) is 0 Å². The number of ketones is 1. The van der Waals surface area contributed by atoms with Gasteiger partial charge >= 0.3 is 0 Å². The maximum Gasteiger partial charge on any atom is 0.133 e. The highest BCUT2D eigenvalue weighted by atomic mass is 16.5. The molecule has 2 heteroatoms. The molecule has 0 bridgehead atoms. The third kappa shape index (κ3) is 2.06. The second-order valence-corrected chi connectivity index (χ2v) is 11.5. The minimum absolute atomic E-state index is 0.313. The third-order valence-electron chi connectivity index (χ3n) is 10.5. The van der Waals surface area contributed by atoms with E-state index in [1.54, 1.807) is 0 Å². The van der Waals surface area contributed by atoms with Gasteiger partial charge in [-0.2, -0.15) is 0 Å². The van der Waals surface area contributed by atoms with Gasteiger partial charge in [-0.25, -0.2) is 0 Å². The Hall–Kier alpha value is -0.370. The molecule has 0 N–H and O–H groups in total. The number of carbonyl (C=O) groups excluding carboxylic acids is 1. The van der Waals surface area contributed by atoms with E-state index in [1.165, 1.54) is 51.4 Å². The van der Waals surface area contributed by atoms with Crippen LogP contribution in [0.1, 0.15) is 78.6 Å². The number of hydrogen-bond donors (Lipinski definition) is 0. The molecule has 5 aliphatic carbocycles. The van der Waals surface area contributed by atoms with Crippen molar-refractivity contribution in [2.45, 2.75) is 78.6 Å². The summed E-state index contributed by atoms with van der Waals surface area (Å²) in [6, 6.07) is 0. The van der Waals surface area contributed by atoms with E-state index in [0.29, 0.717) is 27.9 Å². The van der Waals surface area contributed by atoms with Crippen LogP contribution >= 0.6 is 0 Å². The average Bonchev–Trinajstić information content (AvgIpc) is 3.12. The molecule has 0 aliphatic heterocycles. The lowest BCUT2D eigenvalue weighted by molar-refractivity contribution is -0.134. The topological polar surface area (TPSA) is 26.3 Å². The molecule has 0 aromatic carbocycles. The molecule has 5 fully saturated rings. The summed E-state index contributed by atoms with van der Waals surface area (Å²) < 4.78 is 5.50. The number of fused-ring (bicyclic) bond motifs is 4. The Morgan fingerprint density at radius 1 is 1.04 bits per heavy atom. The highest BCUT2D eigenvalue weighted by Gasteiger charge is 2.80. The van der Waals surface area contributed by atoms with Gasteiger partial charge in [-0.05, 0) is 104 Å². The van der Waals surface area contributed by atoms with Gasteiger partial charge < -0.3 is 4.74 Å². The third-order valence-corrected chi connectivity index (χ3v) is 10.5. The zero-order valence-corrected chi connectivity index (χ0v) is 17.4. The molecule has 9 atom stereocenters. The van der Waals surface area contributed by atoms with Crippen molar-refractivity contribution in [2.75, 3.05) is 13.7 Å². The fourth-order valence-electron chi connectivity index (χ4n) is 9.80. The quantitative estimate of drug-likeness (QED) is 0.666. The molecular formula is C24H38O2. The van der Waals surface area contributed by atoms with Crippen LogP contribution in [0.15, 0.2) is 0 Å². The summed E-state index contributed by atoms with van der Waals surface area (Å²) in [7, 11) is 1.87. The van der Waals surface area contributed by atoms with Gasteiger partial charge in [0.1, 0.15) is 5.78 Å². The Kier molecular flexibility index (Phi) is 3.80. The van der Waals surface area contributed by atoms with Crippen LogP contribution in [0, 0.1) is 51.8 Å². The highest BCUT2D eigenvalue weighted by molar-refractivity contribution is 5.79. The maximum absolute atomic E-state index is 12.4. The molecule has 0 aromatic heterocycles. The molecule has 1 spiro atoms. The van der Waals surface area contributed by atoms with Gasteiger partial charge in [-0.3, -0.25) is 4.79 Å². The molecule has 0 heterocycles. The first-order chi connectivity index (χ1) is 12.4. The second-order valence-electron chi connectivity index (χ2n) is 11.5. The first kappa shape index (κ1) is 17.7. The highest BCUT2D eigenvalue weighted by Crippen LogP contribution is 2.86. The minimum atomic E-state index is 0.313. The van der Waals surface area contributed by atoms with Crippen LogP contribution in [0.4, 0.5) is 0 Å². The van der Waals surface area contributed by atoms with Crippen LogP contribution in [-0.4, -0.2) is 19.5 Å². The fraction of sp³-hybridized carbons (Fsp3) is 0.958. The number of Topliss-reactive ketones (excluding diaryl/α,β-unsaturated/α-hetero) is 1. The summed E-state index contributed by atoms with van der Waals surface area (Å²) >= 11 is 0. The van der Waals surface area contributed by atoms with Crippen molar-refractivity contribution in [3.8, 4) is 0 Å². The molecule has 146 valence electrons. The molecule has 4 unspecified atom stereocenters. The summed E-state index contributed by atoms with van der Waals surface area (Å²) in [5.41, 5.74) is 1.56. The lowest BCUT2D eigenvalue weighted by Gasteiger charge is -2.55. The Labute approximate surface area is 159 Å². The van der Waals surface area contributed by atoms with E-state index in [4.69, 9.17) is 4.74 Å². The Morgan fingerprint density at radius 2 is 1.85 bits per heavy atom. The van der Waals surface area contributed by atoms with Crippen molar-refractivity contribution >= 4 is 5.78 Å². The van der Waals surface area contributed by atoms with Gasteiger partial charge in [0.05, 0.1) is 0 Å². The van der Waals surface area contributed by atoms with Gasteiger partial charge in [-0.15, -0.1) is 0 Å². The molecule has 5 aliphatic rings. The average molecular weight is 359 g/mol. The summed E-state index contributed by atoms with van der Waals surface area (Å²) in [5.74, 6) is 5.36. The smallest absolute Gasteiger partial charge is 0.133 e. The van der Waals surface area contributed by atoms with Crippen molar-refractivity contribution in [3.05, 3.63) is 0 Å². The van der Waals surface area contributed by atoms with Gasteiger partial charge in [0, 0.05) is 19.6 Å². The minimum Gasteiger partial charge on any atom is -0.384 e. The van der Waals surface area contributed by atoms with Crippen molar-refractivity contribution in [1.29, 1.82) is 0 Å². The lowest BCUT2D eigenvalue weighted by Crippen LogP contribution is -2.49. The zero-order chi connectivity index (χ0) is 18.3. The number of ether oxygens (including phenoxy) is 1. The van der Waals surface area contributed by atoms with Crippen molar-refractivity contribution in [2.24, 2.45) is 51.8 Å². The normalized spacial score (nSPS) is 57.5. The predicted molar refractivity (Wildman–Crippen MR) is 104 cm³/mol. The molecule has 0 radical (unpaired) electrons. The SMILES string of the molecule is COC[C@H]1CC[C@H]2C(C)(CC3[C@H]4C5CCC[C@H](C(C)=O)[C@@]5(C)CCC342)C1. The molecule has 5 saturated carbocycles. The van der Waals surface area contributed by atoms with Gasteiger partial charge in [0.2, 0.25) is 0 Å². The molecule has 2 nitrogen and oxygen atoms in total. The monoisotopic (exact) mass is 358 g/mol. The molecular weight excluding hydrogens is 320 g/mol. The van der Waals surface area contributed by atoms with Gasteiger partial charge in [0.15, 0.2) is 0 Å². The van der Waals surface area contributed by atoms with Crippen LogP contribution in [0.3, 0.4) is 0 Å². The van der Waals surface area contributed by atoms with E-state index < -0.39 is 0 Å². The molecule has 0 saturated heterocycles. The van der Waals surface area contributed by atoms with Crippen LogP contribution in [0.5, 0.6) is 0 Å². The maximum atomic E-state index is 12.4. The second kappa shape index (κ2) is 5.58. The molecule has 5 rings (SSSR count). The zero-order valence-electron chi connectivity index (χ0n) is 17.4. The van der Waals surface area contributed by atoms with Crippen molar-refractivity contribution in [3.63, 3.8) is 0 Å². The summed E-state index contributed by atoms with van der Waals surface area (Å²) in [6.07, 6.45) is 12.3. The molecule has 0 aromatic rings. The van der Waals surface area contributed by atoms with Crippen molar-refractivity contribution < 1.29 is 9.53 Å². The van der Waals surface area contributed by atoms with Crippen LogP contribution in [0.25, 0.3) is 0 Å². The predicted octanol–water partition coefficient (Wildman–Crippen LogP) is 5.50. The molecule has 0 amide bonds. The fourth-order valence-corrected chi connectivity index (χ4v) is 9.80. The summed E-state index contributed by atoms with van der Waals surface area (Å²) in [4.78, 5) is 12.4. The number of methoxy groups -OCH3 is 1. The molecule has 26 heavy (non-hydrogen) atoms. The van der Waals surface area contributed by atoms with Crippen LogP contribution in [-0.2, 0) is 9.53 Å². The summed E-state index contributed by atoms with van der Waals surface area (Å²) in [5, 5.41) is 0. The number of rotatable bonds is 3. The van der Waals surface area contributed by atoms with Crippen LogP contribution < -0.4 is 0 Å². The first-order valence-corrected chi connectivity index (χ1v) is 11.4. The van der Waals surface area contributed by atoms with E-state index in [9.17, 15) is 4.79 Å². The summed E-state index contributed by atoms with van der Waals surface area (Å²) in [6.45, 7) is 7.94. The Morgan fingerprint density at radius 3 is 2.58 bits per heavy atom. The lowest BCUT2D eigenvalue weighted by atomic mass is 9.49.